The van der Waals surface area contributed by atoms with Gasteiger partial charge in [-0.15, -0.1) is 0 Å². The third-order valence-corrected chi connectivity index (χ3v) is 3.45. The van der Waals surface area contributed by atoms with Crippen LogP contribution in [0, 0.1) is 11.8 Å². The summed E-state index contributed by atoms with van der Waals surface area (Å²) < 4.78 is 0. The van der Waals surface area contributed by atoms with E-state index in [-0.39, 0.29) is 5.91 Å². The molecule has 0 radical (unpaired) electrons. The van der Waals surface area contributed by atoms with Crippen molar-refractivity contribution in [2.45, 2.75) is 58.8 Å². The van der Waals surface area contributed by atoms with E-state index in [0.29, 0.717) is 6.54 Å². The lowest BCUT2D eigenvalue weighted by Crippen LogP contribution is -2.35. The van der Waals surface area contributed by atoms with Crippen LogP contribution in [0.1, 0.15) is 58.8 Å². The van der Waals surface area contributed by atoms with Crippen LogP contribution in [0.15, 0.2) is 0 Å². The van der Waals surface area contributed by atoms with Crippen LogP contribution < -0.4 is 10.6 Å². The Kier molecular flexibility index (Phi) is 8.06. The standard InChI is InChI=1S/C15H30N2O/c1-13(2)7-5-3-4-6-10-17-15(18)12-16-11-14-8-9-14/h13-14,16H,3-12H2,1-2H3,(H,17,18). The van der Waals surface area contributed by atoms with Crippen molar-refractivity contribution in [3.05, 3.63) is 0 Å². The van der Waals surface area contributed by atoms with Crippen molar-refractivity contribution in [3.63, 3.8) is 0 Å². The predicted molar refractivity (Wildman–Crippen MR) is 76.5 cm³/mol. The summed E-state index contributed by atoms with van der Waals surface area (Å²) in [5.41, 5.74) is 0. The van der Waals surface area contributed by atoms with Gasteiger partial charge in [-0.1, -0.05) is 39.5 Å². The Morgan fingerprint density at radius 3 is 2.56 bits per heavy atom. The maximum absolute atomic E-state index is 11.4. The van der Waals surface area contributed by atoms with E-state index in [4.69, 9.17) is 0 Å². The molecule has 0 aromatic rings. The Balaban J connectivity index is 1.77. The molecular formula is C15H30N2O. The zero-order chi connectivity index (χ0) is 13.2. The molecule has 3 nitrogen and oxygen atoms in total. The summed E-state index contributed by atoms with van der Waals surface area (Å²) >= 11 is 0. The van der Waals surface area contributed by atoms with Gasteiger partial charge in [0.05, 0.1) is 6.54 Å². The highest BCUT2D eigenvalue weighted by atomic mass is 16.1. The van der Waals surface area contributed by atoms with Crippen molar-refractivity contribution < 1.29 is 4.79 Å². The molecule has 1 aliphatic carbocycles. The average Bonchev–Trinajstić information content (AvgIpc) is 3.11. The minimum atomic E-state index is 0.151. The molecule has 0 aliphatic heterocycles. The smallest absolute Gasteiger partial charge is 0.233 e. The molecule has 1 fully saturated rings. The minimum Gasteiger partial charge on any atom is -0.355 e. The number of unbranched alkanes of at least 4 members (excludes halogenated alkanes) is 3. The summed E-state index contributed by atoms with van der Waals surface area (Å²) in [5.74, 6) is 1.82. The first-order valence-corrected chi connectivity index (χ1v) is 7.66. The van der Waals surface area contributed by atoms with Gasteiger partial charge in [0, 0.05) is 6.54 Å². The Labute approximate surface area is 112 Å². The molecule has 0 aromatic carbocycles. The van der Waals surface area contributed by atoms with Crippen molar-refractivity contribution >= 4 is 5.91 Å². The summed E-state index contributed by atoms with van der Waals surface area (Å²) in [6, 6.07) is 0. The summed E-state index contributed by atoms with van der Waals surface area (Å²) in [6.45, 7) is 6.89. The molecule has 0 bridgehead atoms. The second kappa shape index (κ2) is 9.37. The van der Waals surface area contributed by atoms with Gasteiger partial charge in [0.2, 0.25) is 5.91 Å². The number of nitrogens with one attached hydrogen (secondary N) is 2. The lowest BCUT2D eigenvalue weighted by Gasteiger charge is -2.07. The van der Waals surface area contributed by atoms with Gasteiger partial charge in [0.15, 0.2) is 0 Å². The Morgan fingerprint density at radius 2 is 1.89 bits per heavy atom. The third kappa shape index (κ3) is 9.46. The van der Waals surface area contributed by atoms with E-state index >= 15 is 0 Å². The van der Waals surface area contributed by atoms with Gasteiger partial charge >= 0.3 is 0 Å². The lowest BCUT2D eigenvalue weighted by molar-refractivity contribution is -0.120. The predicted octanol–water partition coefficient (Wildman–Crippen LogP) is 2.71. The summed E-state index contributed by atoms with van der Waals surface area (Å²) in [5, 5.41) is 6.18. The van der Waals surface area contributed by atoms with Crippen LogP contribution in [0.2, 0.25) is 0 Å². The Bertz CT molecular complexity index is 225. The molecule has 0 atom stereocenters. The minimum absolute atomic E-state index is 0.151. The van der Waals surface area contributed by atoms with E-state index in [1.165, 1.54) is 38.5 Å². The van der Waals surface area contributed by atoms with Crippen molar-refractivity contribution in [2.24, 2.45) is 11.8 Å². The molecule has 0 unspecified atom stereocenters. The monoisotopic (exact) mass is 254 g/mol. The molecule has 3 heteroatoms. The first-order valence-electron chi connectivity index (χ1n) is 7.66. The molecule has 0 aromatic heterocycles. The van der Waals surface area contributed by atoms with E-state index in [1.807, 2.05) is 0 Å². The maximum Gasteiger partial charge on any atom is 0.233 e. The van der Waals surface area contributed by atoms with Gasteiger partial charge in [-0.3, -0.25) is 4.79 Å². The fourth-order valence-corrected chi connectivity index (χ4v) is 2.03. The molecule has 18 heavy (non-hydrogen) atoms. The number of rotatable bonds is 11. The highest BCUT2D eigenvalue weighted by Gasteiger charge is 2.20. The zero-order valence-corrected chi connectivity index (χ0v) is 12.1. The second-order valence-corrected chi connectivity index (χ2v) is 6.02. The SMILES string of the molecule is CC(C)CCCCCCNC(=O)CNCC1CC1. The Hall–Kier alpha value is -0.570. The molecular weight excluding hydrogens is 224 g/mol. The fourth-order valence-electron chi connectivity index (χ4n) is 2.03. The van der Waals surface area contributed by atoms with Crippen LogP contribution in [-0.4, -0.2) is 25.5 Å². The van der Waals surface area contributed by atoms with Crippen LogP contribution in [-0.2, 0) is 4.79 Å². The van der Waals surface area contributed by atoms with Crippen molar-refractivity contribution in [1.82, 2.24) is 10.6 Å². The van der Waals surface area contributed by atoms with Crippen LogP contribution in [0.3, 0.4) is 0 Å². The van der Waals surface area contributed by atoms with Gasteiger partial charge in [-0.2, -0.15) is 0 Å². The van der Waals surface area contributed by atoms with Gasteiger partial charge < -0.3 is 10.6 Å². The number of hydrogen-bond acceptors (Lipinski definition) is 2. The zero-order valence-electron chi connectivity index (χ0n) is 12.1. The third-order valence-electron chi connectivity index (χ3n) is 3.45. The summed E-state index contributed by atoms with van der Waals surface area (Å²) in [4.78, 5) is 11.4. The molecule has 2 N–H and O–H groups in total. The normalized spacial score (nSPS) is 15.1. The first-order chi connectivity index (χ1) is 8.68. The van der Waals surface area contributed by atoms with E-state index in [1.54, 1.807) is 0 Å². The summed E-state index contributed by atoms with van der Waals surface area (Å²) in [7, 11) is 0. The number of amides is 1. The molecule has 1 rings (SSSR count). The largest absolute Gasteiger partial charge is 0.355 e. The van der Waals surface area contributed by atoms with Gasteiger partial charge in [0.25, 0.3) is 0 Å². The van der Waals surface area contributed by atoms with E-state index in [0.717, 1.165) is 31.3 Å². The maximum atomic E-state index is 11.4. The van der Waals surface area contributed by atoms with Crippen LogP contribution in [0.4, 0.5) is 0 Å². The topological polar surface area (TPSA) is 41.1 Å². The number of carbonyl (C=O) groups is 1. The van der Waals surface area contributed by atoms with Crippen LogP contribution in [0.25, 0.3) is 0 Å². The molecule has 1 amide bonds. The average molecular weight is 254 g/mol. The molecule has 106 valence electrons. The Morgan fingerprint density at radius 1 is 1.17 bits per heavy atom. The number of carbonyl (C=O) groups excluding carboxylic acids is 1. The van der Waals surface area contributed by atoms with Gasteiger partial charge in [-0.05, 0) is 37.6 Å². The first kappa shape index (κ1) is 15.5. The van der Waals surface area contributed by atoms with E-state index in [9.17, 15) is 4.79 Å². The number of hydrogen-bond donors (Lipinski definition) is 2. The van der Waals surface area contributed by atoms with Crippen molar-refractivity contribution in [1.29, 1.82) is 0 Å². The summed E-state index contributed by atoms with van der Waals surface area (Å²) in [6.07, 6.45) is 8.99. The van der Waals surface area contributed by atoms with Crippen molar-refractivity contribution in [3.8, 4) is 0 Å². The van der Waals surface area contributed by atoms with Crippen LogP contribution in [0.5, 0.6) is 0 Å². The lowest BCUT2D eigenvalue weighted by atomic mass is 10.0. The second-order valence-electron chi connectivity index (χ2n) is 6.02. The quantitative estimate of drug-likeness (QED) is 0.557. The molecule has 1 aliphatic rings. The molecule has 1 saturated carbocycles. The van der Waals surface area contributed by atoms with Crippen LogP contribution >= 0.6 is 0 Å². The van der Waals surface area contributed by atoms with Gasteiger partial charge in [-0.25, -0.2) is 0 Å². The molecule has 0 heterocycles. The van der Waals surface area contributed by atoms with Gasteiger partial charge in [0.1, 0.15) is 0 Å². The fraction of sp³-hybridized carbons (Fsp3) is 0.933. The highest BCUT2D eigenvalue weighted by Crippen LogP contribution is 2.27. The van der Waals surface area contributed by atoms with Crippen molar-refractivity contribution in [2.75, 3.05) is 19.6 Å². The van der Waals surface area contributed by atoms with E-state index < -0.39 is 0 Å². The van der Waals surface area contributed by atoms with E-state index in [2.05, 4.69) is 24.5 Å². The highest BCUT2D eigenvalue weighted by molar-refractivity contribution is 5.77. The molecule has 0 spiro atoms. The molecule has 0 saturated heterocycles.